The summed E-state index contributed by atoms with van der Waals surface area (Å²) in [5.74, 6) is 1.34. The van der Waals surface area contributed by atoms with Crippen molar-refractivity contribution in [2.45, 2.75) is 33.5 Å². The lowest BCUT2D eigenvalue weighted by Crippen LogP contribution is -2.36. The molecule has 0 saturated heterocycles. The largest absolute Gasteiger partial charge is 0.490 e. The van der Waals surface area contributed by atoms with Crippen molar-refractivity contribution in [3.63, 3.8) is 0 Å². The Bertz CT molecular complexity index is 803. The van der Waals surface area contributed by atoms with E-state index in [2.05, 4.69) is 20.6 Å². The molecule has 0 atom stereocenters. The lowest BCUT2D eigenvalue weighted by atomic mass is 10.2. The fraction of sp³-hybridized carbons (Fsp3) is 0.400. The molecule has 158 valence electrons. The number of benzene rings is 1. The summed E-state index contributed by atoms with van der Waals surface area (Å²) < 4.78 is 40.9. The van der Waals surface area contributed by atoms with Gasteiger partial charge in [-0.1, -0.05) is 12.1 Å². The number of hydrogen-bond donors (Lipinski definition) is 2. The summed E-state index contributed by atoms with van der Waals surface area (Å²) in [6, 6.07) is 8.67. The number of guanidine groups is 1. The van der Waals surface area contributed by atoms with Gasteiger partial charge in [-0.2, -0.15) is 8.78 Å². The van der Waals surface area contributed by atoms with Crippen LogP contribution in [0.3, 0.4) is 0 Å². The van der Waals surface area contributed by atoms with E-state index in [1.165, 1.54) is 0 Å². The summed E-state index contributed by atoms with van der Waals surface area (Å²) >= 11 is 0. The van der Waals surface area contributed by atoms with Crippen LogP contribution in [-0.4, -0.2) is 37.8 Å². The van der Waals surface area contributed by atoms with Gasteiger partial charge in [-0.3, -0.25) is 0 Å². The second-order valence-electron chi connectivity index (χ2n) is 5.81. The Morgan fingerprint density at radius 3 is 2.72 bits per heavy atom. The number of nitrogens with zero attached hydrogens (tertiary/aromatic N) is 2. The Kier molecular flexibility index (Phi) is 8.94. The van der Waals surface area contributed by atoms with Crippen LogP contribution in [0.1, 0.15) is 25.0 Å². The second kappa shape index (κ2) is 11.7. The average Bonchev–Trinajstić information content (AvgIpc) is 2.72. The van der Waals surface area contributed by atoms with Crippen LogP contribution in [0.25, 0.3) is 0 Å². The van der Waals surface area contributed by atoms with E-state index in [1.807, 2.05) is 13.0 Å². The van der Waals surface area contributed by atoms with Gasteiger partial charge in [0.2, 0.25) is 5.88 Å². The van der Waals surface area contributed by atoms with Gasteiger partial charge in [-0.05, 0) is 31.5 Å². The predicted molar refractivity (Wildman–Crippen MR) is 107 cm³/mol. The number of nitrogens with one attached hydrogen (secondary N) is 2. The topological polar surface area (TPSA) is 77.0 Å². The number of para-hydroxylation sites is 1. The zero-order valence-electron chi connectivity index (χ0n) is 16.7. The molecule has 1 aromatic heterocycles. The van der Waals surface area contributed by atoms with Crippen LogP contribution in [0.4, 0.5) is 8.78 Å². The lowest BCUT2D eigenvalue weighted by molar-refractivity contribution is -0.0520. The van der Waals surface area contributed by atoms with Crippen LogP contribution in [0.5, 0.6) is 17.4 Å². The molecule has 2 rings (SSSR count). The molecule has 0 aliphatic carbocycles. The molecule has 0 aliphatic rings. The number of aliphatic imine (C=N–C) groups is 1. The first-order valence-corrected chi connectivity index (χ1v) is 9.27. The number of pyridine rings is 1. The van der Waals surface area contributed by atoms with E-state index in [0.29, 0.717) is 37.1 Å². The summed E-state index contributed by atoms with van der Waals surface area (Å²) in [4.78, 5) is 8.58. The third kappa shape index (κ3) is 7.10. The molecule has 1 heterocycles. The Labute approximate surface area is 169 Å². The number of halogens is 2. The zero-order chi connectivity index (χ0) is 21.1. The SMILES string of the molecule is CCNC(=NCc1ccnc(OC)c1)NCc1cccc(OCC)c1OC(F)F. The second-order valence-corrected chi connectivity index (χ2v) is 5.81. The van der Waals surface area contributed by atoms with Crippen molar-refractivity contribution in [1.29, 1.82) is 0 Å². The van der Waals surface area contributed by atoms with Gasteiger partial charge in [0.05, 0.1) is 20.3 Å². The normalized spacial score (nSPS) is 11.3. The molecule has 0 fully saturated rings. The number of aromatic nitrogens is 1. The van der Waals surface area contributed by atoms with E-state index >= 15 is 0 Å². The first kappa shape index (κ1) is 22.2. The van der Waals surface area contributed by atoms with Crippen LogP contribution in [0, 0.1) is 0 Å². The smallest absolute Gasteiger partial charge is 0.387 e. The number of hydrogen-bond acceptors (Lipinski definition) is 5. The molecule has 7 nitrogen and oxygen atoms in total. The van der Waals surface area contributed by atoms with Crippen molar-refractivity contribution in [2.75, 3.05) is 20.3 Å². The maximum atomic E-state index is 12.9. The van der Waals surface area contributed by atoms with Crippen molar-refractivity contribution in [3.05, 3.63) is 47.7 Å². The molecule has 0 saturated carbocycles. The maximum absolute atomic E-state index is 12.9. The highest BCUT2D eigenvalue weighted by atomic mass is 19.3. The van der Waals surface area contributed by atoms with E-state index in [0.717, 1.165) is 5.56 Å². The quantitative estimate of drug-likeness (QED) is 0.464. The average molecular weight is 408 g/mol. The van der Waals surface area contributed by atoms with E-state index in [1.54, 1.807) is 44.5 Å². The fourth-order valence-corrected chi connectivity index (χ4v) is 2.54. The minimum absolute atomic E-state index is 0.0200. The number of rotatable bonds is 10. The van der Waals surface area contributed by atoms with E-state index in [9.17, 15) is 8.78 Å². The molecule has 0 spiro atoms. The Hall–Kier alpha value is -3.10. The minimum atomic E-state index is -2.95. The fourth-order valence-electron chi connectivity index (χ4n) is 2.54. The summed E-state index contributed by atoms with van der Waals surface area (Å²) in [5, 5.41) is 6.25. The number of methoxy groups -OCH3 is 1. The molecule has 1 aromatic carbocycles. The minimum Gasteiger partial charge on any atom is -0.490 e. The van der Waals surface area contributed by atoms with Gasteiger partial charge >= 0.3 is 6.61 Å². The molecule has 2 aromatic rings. The Morgan fingerprint density at radius 1 is 1.21 bits per heavy atom. The van der Waals surface area contributed by atoms with Gasteiger partial charge in [0, 0.05) is 30.9 Å². The molecular weight excluding hydrogens is 382 g/mol. The van der Waals surface area contributed by atoms with Gasteiger partial charge in [-0.15, -0.1) is 0 Å². The molecule has 2 N–H and O–H groups in total. The van der Waals surface area contributed by atoms with Crippen LogP contribution in [0.15, 0.2) is 41.5 Å². The van der Waals surface area contributed by atoms with E-state index < -0.39 is 6.61 Å². The van der Waals surface area contributed by atoms with Gasteiger partial charge in [-0.25, -0.2) is 9.98 Å². The third-order valence-electron chi connectivity index (χ3n) is 3.79. The molecule has 9 heteroatoms. The highest BCUT2D eigenvalue weighted by Gasteiger charge is 2.16. The molecule has 0 bridgehead atoms. The molecule has 0 unspecified atom stereocenters. The molecular formula is C20H26F2N4O3. The highest BCUT2D eigenvalue weighted by Crippen LogP contribution is 2.32. The van der Waals surface area contributed by atoms with E-state index in [4.69, 9.17) is 14.2 Å². The van der Waals surface area contributed by atoms with Crippen LogP contribution in [-0.2, 0) is 13.1 Å². The Balaban J connectivity index is 2.14. The van der Waals surface area contributed by atoms with Gasteiger partial charge < -0.3 is 24.8 Å². The summed E-state index contributed by atoms with van der Waals surface area (Å²) in [5.41, 5.74) is 1.46. The van der Waals surface area contributed by atoms with E-state index in [-0.39, 0.29) is 18.0 Å². The van der Waals surface area contributed by atoms with Crippen molar-refractivity contribution >= 4 is 5.96 Å². The summed E-state index contributed by atoms with van der Waals surface area (Å²) in [7, 11) is 1.55. The van der Waals surface area contributed by atoms with Crippen molar-refractivity contribution < 1.29 is 23.0 Å². The van der Waals surface area contributed by atoms with Gasteiger partial charge in [0.1, 0.15) is 0 Å². The first-order valence-electron chi connectivity index (χ1n) is 9.27. The molecule has 0 amide bonds. The monoisotopic (exact) mass is 408 g/mol. The number of alkyl halides is 2. The number of ether oxygens (including phenoxy) is 3. The molecule has 0 radical (unpaired) electrons. The summed E-state index contributed by atoms with van der Waals surface area (Å²) in [6.07, 6.45) is 1.65. The van der Waals surface area contributed by atoms with Crippen molar-refractivity contribution in [2.24, 2.45) is 4.99 Å². The standard InChI is InChI=1S/C20H26F2N4O3/c1-4-23-20(25-12-14-9-10-24-17(11-14)27-3)26-13-15-7-6-8-16(28-5-2)18(15)29-19(21)22/h6-11,19H,4-5,12-13H2,1-3H3,(H2,23,25,26). The van der Waals surface area contributed by atoms with Crippen LogP contribution in [0.2, 0.25) is 0 Å². The molecule has 29 heavy (non-hydrogen) atoms. The third-order valence-corrected chi connectivity index (χ3v) is 3.79. The maximum Gasteiger partial charge on any atom is 0.387 e. The van der Waals surface area contributed by atoms with Crippen molar-refractivity contribution in [1.82, 2.24) is 15.6 Å². The van der Waals surface area contributed by atoms with Crippen LogP contribution >= 0.6 is 0 Å². The summed E-state index contributed by atoms with van der Waals surface area (Å²) in [6.45, 7) is 2.39. The highest BCUT2D eigenvalue weighted by molar-refractivity contribution is 5.79. The van der Waals surface area contributed by atoms with Gasteiger partial charge in [0.15, 0.2) is 17.5 Å². The van der Waals surface area contributed by atoms with Crippen molar-refractivity contribution in [3.8, 4) is 17.4 Å². The molecule has 0 aliphatic heterocycles. The Morgan fingerprint density at radius 2 is 2.03 bits per heavy atom. The van der Waals surface area contributed by atoms with Gasteiger partial charge in [0.25, 0.3) is 0 Å². The lowest BCUT2D eigenvalue weighted by Gasteiger charge is -2.17. The van der Waals surface area contributed by atoms with Crippen LogP contribution < -0.4 is 24.8 Å². The predicted octanol–water partition coefficient (Wildman–Crippen LogP) is 3.35. The first-order chi connectivity index (χ1) is 14.1. The zero-order valence-corrected chi connectivity index (χ0v) is 16.7.